The molecule has 1 heterocycles. The van der Waals surface area contributed by atoms with E-state index < -0.39 is 0 Å². The first kappa shape index (κ1) is 15.7. The molecule has 1 saturated heterocycles. The Morgan fingerprint density at radius 3 is 2.71 bits per heavy atom. The van der Waals surface area contributed by atoms with Crippen molar-refractivity contribution in [3.05, 3.63) is 0 Å². The summed E-state index contributed by atoms with van der Waals surface area (Å²) in [5.41, 5.74) is 0.398. The molecule has 0 radical (unpaired) electrons. The summed E-state index contributed by atoms with van der Waals surface area (Å²) in [6.07, 6.45) is 12.5. The number of nitrogens with zero attached hydrogens (tertiary/aromatic N) is 1. The maximum absolute atomic E-state index is 4.88. The van der Waals surface area contributed by atoms with Gasteiger partial charge in [-0.25, -0.2) is 0 Å². The molecule has 21 heavy (non-hydrogen) atoms. The van der Waals surface area contributed by atoms with Crippen molar-refractivity contribution in [2.24, 2.45) is 22.7 Å². The standard InChI is InChI=1S/C18H32N2S/c1-14-6-9-18(10-7-14)13-21-17(20-18)19-11-8-16-5-3-4-15(2)12-16/h14-16H,3-13H2,1-2H3,(H,19,20). The highest BCUT2D eigenvalue weighted by Crippen LogP contribution is 2.38. The molecule has 0 amide bonds. The second kappa shape index (κ2) is 6.93. The third-order valence-electron chi connectivity index (χ3n) is 5.93. The van der Waals surface area contributed by atoms with E-state index in [-0.39, 0.29) is 0 Å². The van der Waals surface area contributed by atoms with Crippen molar-refractivity contribution in [3.8, 4) is 0 Å². The lowest BCUT2D eigenvalue weighted by molar-refractivity contribution is 0.250. The summed E-state index contributed by atoms with van der Waals surface area (Å²) in [6.45, 7) is 5.86. The number of nitrogens with one attached hydrogen (secondary N) is 1. The Bertz CT molecular complexity index is 371. The van der Waals surface area contributed by atoms with Gasteiger partial charge in [-0.1, -0.05) is 44.9 Å². The minimum absolute atomic E-state index is 0.398. The molecule has 1 aliphatic heterocycles. The zero-order chi connectivity index (χ0) is 14.7. The minimum atomic E-state index is 0.398. The normalized spacial score (nSPS) is 42.4. The lowest BCUT2D eigenvalue weighted by Crippen LogP contribution is -2.46. The summed E-state index contributed by atoms with van der Waals surface area (Å²) >= 11 is 1.98. The van der Waals surface area contributed by atoms with Crippen LogP contribution >= 0.6 is 11.8 Å². The zero-order valence-corrected chi connectivity index (χ0v) is 14.7. The van der Waals surface area contributed by atoms with Gasteiger partial charge in [0.05, 0.1) is 0 Å². The third-order valence-corrected chi connectivity index (χ3v) is 7.13. The Labute approximate surface area is 134 Å². The highest BCUT2D eigenvalue weighted by Gasteiger charge is 2.39. The van der Waals surface area contributed by atoms with Crippen molar-refractivity contribution in [2.75, 3.05) is 12.3 Å². The first-order valence-electron chi connectivity index (χ1n) is 9.11. The van der Waals surface area contributed by atoms with Gasteiger partial charge in [-0.05, 0) is 56.3 Å². The van der Waals surface area contributed by atoms with Crippen LogP contribution in [0.2, 0.25) is 0 Å². The molecule has 1 N–H and O–H groups in total. The maximum Gasteiger partial charge on any atom is 0.157 e. The lowest BCUT2D eigenvalue weighted by Gasteiger charge is -2.35. The summed E-state index contributed by atoms with van der Waals surface area (Å²) in [5.74, 6) is 4.06. The molecule has 0 aromatic rings. The summed E-state index contributed by atoms with van der Waals surface area (Å²) in [6, 6.07) is 0. The second-order valence-electron chi connectivity index (χ2n) is 7.99. The van der Waals surface area contributed by atoms with Crippen LogP contribution in [0.5, 0.6) is 0 Å². The Hall–Kier alpha value is -0.180. The van der Waals surface area contributed by atoms with Crippen molar-refractivity contribution in [2.45, 2.75) is 77.2 Å². The Balaban J connectivity index is 1.43. The number of thioether (sulfide) groups is 1. The van der Waals surface area contributed by atoms with Crippen LogP contribution in [0.1, 0.15) is 71.6 Å². The fourth-order valence-corrected chi connectivity index (χ4v) is 5.59. The second-order valence-corrected chi connectivity index (χ2v) is 8.95. The van der Waals surface area contributed by atoms with Crippen LogP contribution in [-0.4, -0.2) is 23.0 Å². The summed E-state index contributed by atoms with van der Waals surface area (Å²) in [5, 5.41) is 5.03. The highest BCUT2D eigenvalue weighted by molar-refractivity contribution is 8.14. The first-order chi connectivity index (χ1) is 10.2. The van der Waals surface area contributed by atoms with Crippen LogP contribution in [0.3, 0.4) is 0 Å². The average molecular weight is 309 g/mol. The molecule has 3 aliphatic rings. The van der Waals surface area contributed by atoms with Crippen LogP contribution in [-0.2, 0) is 0 Å². The lowest BCUT2D eigenvalue weighted by atomic mass is 9.78. The molecule has 2 atom stereocenters. The topological polar surface area (TPSA) is 24.4 Å². The quantitative estimate of drug-likeness (QED) is 0.806. The first-order valence-corrected chi connectivity index (χ1v) is 10.1. The van der Waals surface area contributed by atoms with E-state index in [4.69, 9.17) is 4.99 Å². The summed E-state index contributed by atoms with van der Waals surface area (Å²) in [4.78, 5) is 4.88. The summed E-state index contributed by atoms with van der Waals surface area (Å²) in [7, 11) is 0. The summed E-state index contributed by atoms with van der Waals surface area (Å²) < 4.78 is 0. The number of hydrogen-bond acceptors (Lipinski definition) is 2. The Morgan fingerprint density at radius 2 is 1.95 bits per heavy atom. The molecule has 0 bridgehead atoms. The van der Waals surface area contributed by atoms with Crippen molar-refractivity contribution in [3.63, 3.8) is 0 Å². The molecule has 2 unspecified atom stereocenters. The van der Waals surface area contributed by atoms with Gasteiger partial charge >= 0.3 is 0 Å². The van der Waals surface area contributed by atoms with E-state index >= 15 is 0 Å². The van der Waals surface area contributed by atoms with E-state index in [1.165, 1.54) is 68.7 Å². The van der Waals surface area contributed by atoms with Gasteiger partial charge in [0, 0.05) is 17.8 Å². The average Bonchev–Trinajstić information content (AvgIpc) is 2.86. The fraction of sp³-hybridized carbons (Fsp3) is 0.944. The van der Waals surface area contributed by atoms with Crippen LogP contribution in [0.25, 0.3) is 0 Å². The maximum atomic E-state index is 4.88. The van der Waals surface area contributed by atoms with Gasteiger partial charge in [0.1, 0.15) is 0 Å². The van der Waals surface area contributed by atoms with Crippen LogP contribution in [0.4, 0.5) is 0 Å². The molecule has 3 fully saturated rings. The van der Waals surface area contributed by atoms with Crippen LogP contribution < -0.4 is 5.32 Å². The van der Waals surface area contributed by atoms with Gasteiger partial charge in [-0.2, -0.15) is 0 Å². The van der Waals surface area contributed by atoms with E-state index in [2.05, 4.69) is 19.2 Å². The van der Waals surface area contributed by atoms with Gasteiger partial charge in [-0.3, -0.25) is 4.99 Å². The molecule has 1 spiro atoms. The van der Waals surface area contributed by atoms with Crippen molar-refractivity contribution in [1.82, 2.24) is 5.32 Å². The van der Waals surface area contributed by atoms with Crippen molar-refractivity contribution < 1.29 is 0 Å². The molecule has 2 aliphatic carbocycles. The van der Waals surface area contributed by atoms with E-state index in [1.807, 2.05) is 11.8 Å². The largest absolute Gasteiger partial charge is 0.359 e. The number of aliphatic imine (C=N–C) groups is 1. The fourth-order valence-electron chi connectivity index (χ4n) is 4.35. The molecule has 2 saturated carbocycles. The zero-order valence-electron chi connectivity index (χ0n) is 13.9. The molecular formula is C18H32N2S. The molecule has 0 aromatic carbocycles. The third kappa shape index (κ3) is 4.18. The monoisotopic (exact) mass is 308 g/mol. The van der Waals surface area contributed by atoms with E-state index in [0.29, 0.717) is 5.54 Å². The van der Waals surface area contributed by atoms with E-state index in [1.54, 1.807) is 0 Å². The minimum Gasteiger partial charge on any atom is -0.359 e. The number of amidine groups is 1. The molecular weight excluding hydrogens is 276 g/mol. The van der Waals surface area contributed by atoms with Crippen molar-refractivity contribution >= 4 is 16.9 Å². The van der Waals surface area contributed by atoms with Gasteiger partial charge < -0.3 is 5.32 Å². The molecule has 120 valence electrons. The van der Waals surface area contributed by atoms with Crippen LogP contribution in [0.15, 0.2) is 4.99 Å². The predicted molar refractivity (Wildman–Crippen MR) is 94.0 cm³/mol. The molecule has 3 heteroatoms. The van der Waals surface area contributed by atoms with Gasteiger partial charge in [0.25, 0.3) is 0 Å². The van der Waals surface area contributed by atoms with Gasteiger partial charge in [-0.15, -0.1) is 0 Å². The van der Waals surface area contributed by atoms with Crippen LogP contribution in [0, 0.1) is 17.8 Å². The highest BCUT2D eigenvalue weighted by atomic mass is 32.2. The predicted octanol–water partition coefficient (Wildman–Crippen LogP) is 4.84. The molecule has 3 rings (SSSR count). The Kier molecular flexibility index (Phi) is 5.19. The van der Waals surface area contributed by atoms with Gasteiger partial charge in [0.2, 0.25) is 0 Å². The SMILES string of the molecule is CC1CCC2(CC1)CSC(=NCCC1CCCC(C)C1)N2. The molecule has 0 aromatic heterocycles. The number of hydrogen-bond donors (Lipinski definition) is 1. The Morgan fingerprint density at radius 1 is 1.14 bits per heavy atom. The number of rotatable bonds is 3. The molecule has 2 nitrogen and oxygen atoms in total. The van der Waals surface area contributed by atoms with E-state index in [0.717, 1.165) is 24.3 Å². The van der Waals surface area contributed by atoms with Gasteiger partial charge in [0.15, 0.2) is 5.17 Å². The smallest absolute Gasteiger partial charge is 0.157 e. The van der Waals surface area contributed by atoms with Crippen molar-refractivity contribution in [1.29, 1.82) is 0 Å². The van der Waals surface area contributed by atoms with E-state index in [9.17, 15) is 0 Å².